The highest BCUT2D eigenvalue weighted by Gasteiger charge is 2.32. The van der Waals surface area contributed by atoms with Crippen LogP contribution in [0.15, 0.2) is 60.9 Å². The zero-order chi connectivity index (χ0) is 18.0. The predicted octanol–water partition coefficient (Wildman–Crippen LogP) is 2.25. The molecule has 0 bridgehead atoms. The molecule has 0 unspecified atom stereocenters. The molecular weight excluding hydrogens is 322 g/mol. The van der Waals surface area contributed by atoms with Crippen LogP contribution in [0.2, 0.25) is 0 Å². The maximum Gasteiger partial charge on any atom is 0.335 e. The van der Waals surface area contributed by atoms with Crippen LogP contribution in [0, 0.1) is 0 Å². The Balaban J connectivity index is 1.92. The van der Waals surface area contributed by atoms with Gasteiger partial charge < -0.3 is 15.0 Å². The number of carboxylic acid groups (broad SMARTS) is 1. The smallest absolute Gasteiger partial charge is 0.335 e. The minimum Gasteiger partial charge on any atom is -0.478 e. The third kappa shape index (κ3) is 3.07. The van der Waals surface area contributed by atoms with Gasteiger partial charge in [0.25, 0.3) is 5.91 Å². The summed E-state index contributed by atoms with van der Waals surface area (Å²) in [5.41, 5.74) is 1.77. The molecule has 1 aliphatic rings. The van der Waals surface area contributed by atoms with E-state index in [1.807, 2.05) is 0 Å². The number of benzene rings is 1. The normalized spacial score (nSPS) is 15.5. The lowest BCUT2D eigenvalue weighted by Gasteiger charge is -2.08. The topological polar surface area (TPSA) is 91.6 Å². The van der Waals surface area contributed by atoms with E-state index in [2.05, 4.69) is 11.9 Å². The number of carbonyl (C=O) groups is 3. The Morgan fingerprint density at radius 3 is 2.56 bits per heavy atom. The zero-order valence-corrected chi connectivity index (χ0v) is 13.2. The SMILES string of the molecule is C=CCN1C(=O)N/C(=C/c2cccn2-c2ccc(C(=O)O)cc2)C1=O. The molecule has 0 atom stereocenters. The molecule has 1 saturated heterocycles. The summed E-state index contributed by atoms with van der Waals surface area (Å²) < 4.78 is 1.79. The van der Waals surface area contributed by atoms with Gasteiger partial charge in [-0.25, -0.2) is 9.59 Å². The standard InChI is InChI=1S/C18H15N3O4/c1-2-9-21-16(22)15(19-18(21)25)11-14-4-3-10-20(14)13-7-5-12(6-8-13)17(23)24/h2-8,10-11H,1,9H2,(H,19,25)(H,23,24)/b15-11+. The average Bonchev–Trinajstić information content (AvgIpc) is 3.16. The van der Waals surface area contributed by atoms with Crippen molar-refractivity contribution in [3.8, 4) is 5.69 Å². The molecule has 0 radical (unpaired) electrons. The van der Waals surface area contributed by atoms with Gasteiger partial charge in [-0.2, -0.15) is 0 Å². The number of nitrogens with zero attached hydrogens (tertiary/aromatic N) is 2. The van der Waals surface area contributed by atoms with Crippen molar-refractivity contribution >= 4 is 24.0 Å². The van der Waals surface area contributed by atoms with Gasteiger partial charge in [0.15, 0.2) is 0 Å². The Hall–Kier alpha value is -3.61. The average molecular weight is 337 g/mol. The molecule has 3 rings (SSSR count). The van der Waals surface area contributed by atoms with Gasteiger partial charge in [0.1, 0.15) is 5.70 Å². The Morgan fingerprint density at radius 2 is 1.92 bits per heavy atom. The number of aromatic carboxylic acids is 1. The summed E-state index contributed by atoms with van der Waals surface area (Å²) in [7, 11) is 0. The fourth-order valence-electron chi connectivity index (χ4n) is 2.53. The van der Waals surface area contributed by atoms with E-state index in [4.69, 9.17) is 5.11 Å². The second-order valence-corrected chi connectivity index (χ2v) is 5.35. The van der Waals surface area contributed by atoms with Gasteiger partial charge in [-0.15, -0.1) is 6.58 Å². The molecule has 1 aromatic carbocycles. The first-order valence-corrected chi connectivity index (χ1v) is 7.48. The van der Waals surface area contributed by atoms with Gasteiger partial charge in [-0.3, -0.25) is 9.69 Å². The highest BCUT2D eigenvalue weighted by atomic mass is 16.4. The largest absolute Gasteiger partial charge is 0.478 e. The van der Waals surface area contributed by atoms with E-state index >= 15 is 0 Å². The second kappa shape index (κ2) is 6.48. The predicted molar refractivity (Wildman–Crippen MR) is 91.1 cm³/mol. The van der Waals surface area contributed by atoms with Crippen LogP contribution in [-0.2, 0) is 4.79 Å². The Morgan fingerprint density at radius 1 is 1.20 bits per heavy atom. The molecule has 2 heterocycles. The number of urea groups is 1. The maximum atomic E-state index is 12.3. The molecule has 1 fully saturated rings. The maximum absolute atomic E-state index is 12.3. The van der Waals surface area contributed by atoms with Crippen LogP contribution < -0.4 is 5.32 Å². The summed E-state index contributed by atoms with van der Waals surface area (Å²) in [5, 5.41) is 11.5. The molecule has 3 amide bonds. The molecule has 25 heavy (non-hydrogen) atoms. The van der Waals surface area contributed by atoms with Crippen LogP contribution in [0.5, 0.6) is 0 Å². The molecular formula is C18H15N3O4. The molecule has 1 aliphatic heterocycles. The van der Waals surface area contributed by atoms with Crippen molar-refractivity contribution in [2.24, 2.45) is 0 Å². The van der Waals surface area contributed by atoms with Crippen molar-refractivity contribution in [1.29, 1.82) is 0 Å². The van der Waals surface area contributed by atoms with Crippen LogP contribution in [0.4, 0.5) is 4.79 Å². The highest BCUT2D eigenvalue weighted by Crippen LogP contribution is 2.18. The molecule has 0 spiro atoms. The number of aromatic nitrogens is 1. The quantitative estimate of drug-likeness (QED) is 0.497. The van der Waals surface area contributed by atoms with Gasteiger partial charge in [0.2, 0.25) is 0 Å². The van der Waals surface area contributed by atoms with Crippen molar-refractivity contribution < 1.29 is 19.5 Å². The van der Waals surface area contributed by atoms with E-state index in [-0.39, 0.29) is 17.8 Å². The van der Waals surface area contributed by atoms with Crippen LogP contribution in [0.25, 0.3) is 11.8 Å². The molecule has 1 aromatic heterocycles. The van der Waals surface area contributed by atoms with Crippen molar-refractivity contribution in [2.75, 3.05) is 6.54 Å². The summed E-state index contributed by atoms with van der Waals surface area (Å²) >= 11 is 0. The highest BCUT2D eigenvalue weighted by molar-refractivity contribution is 6.14. The van der Waals surface area contributed by atoms with Crippen molar-refractivity contribution in [3.63, 3.8) is 0 Å². The van der Waals surface area contributed by atoms with Crippen LogP contribution in [-0.4, -0.2) is 39.0 Å². The van der Waals surface area contributed by atoms with E-state index < -0.39 is 17.9 Å². The molecule has 0 saturated carbocycles. The molecule has 7 heteroatoms. The van der Waals surface area contributed by atoms with Crippen LogP contribution >= 0.6 is 0 Å². The van der Waals surface area contributed by atoms with Crippen LogP contribution in [0.3, 0.4) is 0 Å². The minimum absolute atomic E-state index is 0.139. The fourth-order valence-corrected chi connectivity index (χ4v) is 2.53. The Labute approximate surface area is 143 Å². The fraction of sp³-hybridized carbons (Fsp3) is 0.0556. The zero-order valence-electron chi connectivity index (χ0n) is 13.2. The van der Waals surface area contributed by atoms with Gasteiger partial charge in [0, 0.05) is 24.1 Å². The van der Waals surface area contributed by atoms with E-state index in [1.54, 1.807) is 41.1 Å². The number of carboxylic acids is 1. The van der Waals surface area contributed by atoms with Crippen molar-refractivity contribution in [1.82, 2.24) is 14.8 Å². The lowest BCUT2D eigenvalue weighted by molar-refractivity contribution is -0.122. The Bertz CT molecular complexity index is 893. The van der Waals surface area contributed by atoms with Crippen molar-refractivity contribution in [2.45, 2.75) is 0 Å². The van der Waals surface area contributed by atoms with Gasteiger partial charge in [-0.05, 0) is 42.5 Å². The third-order valence-corrected chi connectivity index (χ3v) is 3.74. The number of hydrogen-bond acceptors (Lipinski definition) is 3. The number of amides is 3. The summed E-state index contributed by atoms with van der Waals surface area (Å²) in [4.78, 5) is 36.1. The first-order chi connectivity index (χ1) is 12.0. The molecule has 7 nitrogen and oxygen atoms in total. The van der Waals surface area contributed by atoms with E-state index in [9.17, 15) is 14.4 Å². The van der Waals surface area contributed by atoms with Gasteiger partial charge in [0.05, 0.1) is 5.56 Å². The minimum atomic E-state index is -0.997. The van der Waals surface area contributed by atoms with E-state index in [0.29, 0.717) is 5.69 Å². The summed E-state index contributed by atoms with van der Waals surface area (Å²) in [6.07, 6.45) is 4.84. The monoisotopic (exact) mass is 337 g/mol. The molecule has 126 valence electrons. The summed E-state index contributed by atoms with van der Waals surface area (Å²) in [6, 6.07) is 9.44. The van der Waals surface area contributed by atoms with Crippen molar-refractivity contribution in [3.05, 3.63) is 72.2 Å². The third-order valence-electron chi connectivity index (χ3n) is 3.74. The lowest BCUT2D eigenvalue weighted by atomic mass is 10.2. The lowest BCUT2D eigenvalue weighted by Crippen LogP contribution is -2.30. The summed E-state index contributed by atoms with van der Waals surface area (Å²) in [6.45, 7) is 3.67. The number of imide groups is 1. The number of hydrogen-bond donors (Lipinski definition) is 2. The number of nitrogens with one attached hydrogen (secondary N) is 1. The first kappa shape index (κ1) is 16.3. The second-order valence-electron chi connectivity index (χ2n) is 5.35. The summed E-state index contributed by atoms with van der Waals surface area (Å²) in [5.74, 6) is -1.41. The molecule has 2 aromatic rings. The van der Waals surface area contributed by atoms with Gasteiger partial charge >= 0.3 is 12.0 Å². The van der Waals surface area contributed by atoms with Crippen LogP contribution in [0.1, 0.15) is 16.1 Å². The molecule has 0 aliphatic carbocycles. The van der Waals surface area contributed by atoms with Gasteiger partial charge in [-0.1, -0.05) is 6.08 Å². The van der Waals surface area contributed by atoms with E-state index in [0.717, 1.165) is 10.6 Å². The Kier molecular flexibility index (Phi) is 4.21. The number of carbonyl (C=O) groups excluding carboxylic acids is 2. The van der Waals surface area contributed by atoms with E-state index in [1.165, 1.54) is 18.2 Å². The number of rotatable bonds is 5. The molecule has 2 N–H and O–H groups in total. The first-order valence-electron chi connectivity index (χ1n) is 7.48.